The van der Waals surface area contributed by atoms with E-state index in [0.717, 1.165) is 4.31 Å². The minimum absolute atomic E-state index is 0.124. The van der Waals surface area contributed by atoms with E-state index in [-0.39, 0.29) is 6.61 Å². The van der Waals surface area contributed by atoms with Crippen LogP contribution >= 0.6 is 0 Å². The van der Waals surface area contributed by atoms with E-state index in [0.29, 0.717) is 11.3 Å². The van der Waals surface area contributed by atoms with Crippen molar-refractivity contribution in [2.24, 2.45) is 11.8 Å². The van der Waals surface area contributed by atoms with Gasteiger partial charge in [-0.3, -0.25) is 8.98 Å². The molecule has 1 saturated carbocycles. The third-order valence-corrected chi connectivity index (χ3v) is 6.81. The van der Waals surface area contributed by atoms with Crippen molar-refractivity contribution >= 4 is 16.3 Å². The number of carboxylic acid groups (broad SMARTS) is 1. The van der Waals surface area contributed by atoms with E-state index in [1.165, 1.54) is 14.1 Å². The second-order valence-corrected chi connectivity index (χ2v) is 9.20. The van der Waals surface area contributed by atoms with E-state index in [1.807, 2.05) is 0 Å². The zero-order valence-corrected chi connectivity index (χ0v) is 16.9. The van der Waals surface area contributed by atoms with Crippen LogP contribution in [0.25, 0.3) is 0 Å². The molecule has 10 nitrogen and oxygen atoms in total. The molecule has 0 bridgehead atoms. The van der Waals surface area contributed by atoms with Crippen LogP contribution in [0.5, 0.6) is 5.75 Å². The van der Waals surface area contributed by atoms with E-state index in [4.69, 9.17) is 23.1 Å². The average molecular weight is 429 g/mol. The van der Waals surface area contributed by atoms with Gasteiger partial charge in [-0.15, -0.1) is 0 Å². The van der Waals surface area contributed by atoms with Gasteiger partial charge in [-0.05, 0) is 12.1 Å². The lowest BCUT2D eigenvalue weighted by Gasteiger charge is -2.42. The SMILES string of the molecule is COc1ccc([C@@H]2OC[C@H]3O[C@@H]4C(C(=O)O)[C@@H]4[C@@H](OS(=O)(=O)N(C)C)[C@@H]3O2)cc1. The summed E-state index contributed by atoms with van der Waals surface area (Å²) in [6, 6.07) is 7.07. The summed E-state index contributed by atoms with van der Waals surface area (Å²) in [6.45, 7) is 0.124. The average Bonchev–Trinajstić information content (AvgIpc) is 3.42. The molecule has 3 aliphatic rings. The molecule has 2 heterocycles. The highest BCUT2D eigenvalue weighted by molar-refractivity contribution is 7.84. The van der Waals surface area contributed by atoms with Crippen molar-refractivity contribution in [2.75, 3.05) is 27.8 Å². The highest BCUT2D eigenvalue weighted by atomic mass is 32.2. The predicted octanol–water partition coefficient (Wildman–Crippen LogP) is 0.399. The van der Waals surface area contributed by atoms with Crippen molar-refractivity contribution in [1.29, 1.82) is 0 Å². The van der Waals surface area contributed by atoms with Crippen LogP contribution < -0.4 is 4.74 Å². The molecular formula is C18H23NO9S. The van der Waals surface area contributed by atoms with Crippen LogP contribution in [0.15, 0.2) is 24.3 Å². The Kier molecular flexibility index (Phi) is 5.30. The molecule has 2 saturated heterocycles. The third-order valence-electron chi connectivity index (χ3n) is 5.45. The van der Waals surface area contributed by atoms with Gasteiger partial charge in [-0.2, -0.15) is 12.7 Å². The second kappa shape index (κ2) is 7.49. The van der Waals surface area contributed by atoms with Gasteiger partial charge in [0.15, 0.2) is 6.29 Å². The standard InChI is InChI=1S/C18H23NO9S/c1-19(2)29(22,23)28-16-12-13(17(20)21)15(12)26-11-8-25-18(27-14(11)16)9-4-6-10(24-3)7-5-9/h4-7,11-16,18H,8H2,1-3H3,(H,20,21)/t11-,12+,13?,14-,15+,16-,18-/m1/s1. The molecule has 0 amide bonds. The summed E-state index contributed by atoms with van der Waals surface area (Å²) in [6.07, 6.45) is -3.80. The topological polar surface area (TPSA) is 121 Å². The number of carbonyl (C=O) groups is 1. The Labute approximate surface area is 168 Å². The minimum Gasteiger partial charge on any atom is -0.497 e. The van der Waals surface area contributed by atoms with Crippen molar-refractivity contribution in [3.8, 4) is 5.75 Å². The van der Waals surface area contributed by atoms with Gasteiger partial charge in [-0.1, -0.05) is 12.1 Å². The van der Waals surface area contributed by atoms with Gasteiger partial charge in [-0.25, -0.2) is 0 Å². The molecule has 0 radical (unpaired) electrons. The molecule has 0 spiro atoms. The van der Waals surface area contributed by atoms with E-state index in [1.54, 1.807) is 31.4 Å². The van der Waals surface area contributed by atoms with E-state index >= 15 is 0 Å². The fourth-order valence-electron chi connectivity index (χ4n) is 3.83. The van der Waals surface area contributed by atoms with Gasteiger partial charge >= 0.3 is 16.3 Å². The van der Waals surface area contributed by atoms with Crippen LogP contribution in [-0.2, 0) is 33.5 Å². The summed E-state index contributed by atoms with van der Waals surface area (Å²) in [7, 11) is 0.200. The molecule has 3 fully saturated rings. The highest BCUT2D eigenvalue weighted by Crippen LogP contribution is 2.53. The zero-order valence-electron chi connectivity index (χ0n) is 16.1. The predicted molar refractivity (Wildman–Crippen MR) is 97.3 cm³/mol. The molecule has 1 unspecified atom stereocenters. The lowest BCUT2D eigenvalue weighted by atomic mass is 9.99. The molecule has 4 rings (SSSR count). The van der Waals surface area contributed by atoms with Gasteiger partial charge in [0.25, 0.3) is 0 Å². The fourth-order valence-corrected chi connectivity index (χ4v) is 4.52. The van der Waals surface area contributed by atoms with Crippen molar-refractivity contribution in [1.82, 2.24) is 4.31 Å². The van der Waals surface area contributed by atoms with Gasteiger partial charge in [0, 0.05) is 25.6 Å². The largest absolute Gasteiger partial charge is 0.497 e. The molecule has 1 aromatic carbocycles. The third kappa shape index (κ3) is 3.74. The van der Waals surface area contributed by atoms with Crippen LogP contribution in [0.2, 0.25) is 0 Å². The van der Waals surface area contributed by atoms with Gasteiger partial charge in [0.2, 0.25) is 0 Å². The number of ether oxygens (including phenoxy) is 4. The Morgan fingerprint density at radius 2 is 1.86 bits per heavy atom. The first-order valence-electron chi connectivity index (χ1n) is 9.13. The molecule has 11 heteroatoms. The number of hydrogen-bond donors (Lipinski definition) is 1. The Hall–Kier alpha value is -1.76. The number of carboxylic acids is 1. The summed E-state index contributed by atoms with van der Waals surface area (Å²) in [4.78, 5) is 11.5. The first kappa shape index (κ1) is 20.5. The maximum atomic E-state index is 12.4. The van der Waals surface area contributed by atoms with E-state index in [9.17, 15) is 18.3 Å². The van der Waals surface area contributed by atoms with Crippen LogP contribution in [-0.4, -0.2) is 76.0 Å². The van der Waals surface area contributed by atoms with Gasteiger partial charge < -0.3 is 24.1 Å². The summed E-state index contributed by atoms with van der Waals surface area (Å²) in [5.74, 6) is -1.84. The summed E-state index contributed by atoms with van der Waals surface area (Å²) in [5.41, 5.74) is 0.714. The molecule has 7 atom stereocenters. The molecule has 2 aliphatic heterocycles. The molecule has 29 heavy (non-hydrogen) atoms. The number of hydrogen-bond acceptors (Lipinski definition) is 8. The van der Waals surface area contributed by atoms with Crippen molar-refractivity contribution in [2.45, 2.75) is 30.7 Å². The van der Waals surface area contributed by atoms with Gasteiger partial charge in [0.1, 0.15) is 24.1 Å². The maximum absolute atomic E-state index is 12.4. The fraction of sp³-hybridized carbons (Fsp3) is 0.611. The Bertz CT molecular complexity index is 872. The molecule has 1 N–H and O–H groups in total. The lowest BCUT2D eigenvalue weighted by Crippen LogP contribution is -2.55. The first-order valence-corrected chi connectivity index (χ1v) is 10.5. The lowest BCUT2D eigenvalue weighted by molar-refractivity contribution is -0.297. The number of aliphatic carboxylic acids is 1. The second-order valence-electron chi connectivity index (χ2n) is 7.42. The number of methoxy groups -OCH3 is 1. The van der Waals surface area contributed by atoms with Gasteiger partial charge in [0.05, 0.1) is 25.7 Å². The van der Waals surface area contributed by atoms with Crippen LogP contribution in [0.4, 0.5) is 0 Å². The summed E-state index contributed by atoms with van der Waals surface area (Å²) >= 11 is 0. The molecular weight excluding hydrogens is 406 g/mol. The normalized spacial score (nSPS) is 36.2. The van der Waals surface area contributed by atoms with Crippen LogP contribution in [0, 0.1) is 11.8 Å². The van der Waals surface area contributed by atoms with Crippen molar-refractivity contribution < 1.29 is 41.4 Å². The molecule has 1 aromatic rings. The van der Waals surface area contributed by atoms with E-state index in [2.05, 4.69) is 0 Å². The Morgan fingerprint density at radius 3 is 2.45 bits per heavy atom. The summed E-state index contributed by atoms with van der Waals surface area (Å²) in [5, 5.41) is 9.44. The van der Waals surface area contributed by atoms with E-state index < -0.39 is 58.8 Å². The summed E-state index contributed by atoms with van der Waals surface area (Å²) < 4.78 is 53.8. The molecule has 0 aromatic heterocycles. The number of rotatable bonds is 6. The minimum atomic E-state index is -4.05. The van der Waals surface area contributed by atoms with Crippen molar-refractivity contribution in [3.05, 3.63) is 29.8 Å². The van der Waals surface area contributed by atoms with Crippen LogP contribution in [0.3, 0.4) is 0 Å². The first-order chi connectivity index (χ1) is 13.7. The number of nitrogens with zero attached hydrogens (tertiary/aromatic N) is 1. The Morgan fingerprint density at radius 1 is 1.17 bits per heavy atom. The monoisotopic (exact) mass is 429 g/mol. The highest BCUT2D eigenvalue weighted by Gasteiger charge is 2.68. The van der Waals surface area contributed by atoms with Crippen LogP contribution in [0.1, 0.15) is 11.9 Å². The Balaban J connectivity index is 1.59. The quantitative estimate of drug-likeness (QED) is 0.685. The maximum Gasteiger partial charge on any atom is 0.338 e. The smallest absolute Gasteiger partial charge is 0.338 e. The van der Waals surface area contributed by atoms with Crippen molar-refractivity contribution in [3.63, 3.8) is 0 Å². The molecule has 1 aliphatic carbocycles. The number of fused-ring (bicyclic) bond motifs is 2. The molecule has 160 valence electrons. The number of benzene rings is 1. The zero-order chi connectivity index (χ0) is 20.9.